The average Bonchev–Trinajstić information content (AvgIpc) is 2.36. The molecule has 0 aliphatic carbocycles. The Morgan fingerprint density at radius 3 is 2.48 bits per heavy atom. The van der Waals surface area contributed by atoms with Crippen molar-refractivity contribution < 1.29 is 19.4 Å². The second kappa shape index (κ2) is 6.56. The number of amides is 1. The van der Waals surface area contributed by atoms with Crippen LogP contribution in [0.5, 0.6) is 0 Å². The first-order valence-electron chi connectivity index (χ1n) is 6.82. The summed E-state index contributed by atoms with van der Waals surface area (Å²) in [5, 5.41) is 9.17. The Kier molecular flexibility index (Phi) is 5.29. The molecule has 6 nitrogen and oxygen atoms in total. The molecule has 1 unspecified atom stereocenters. The summed E-state index contributed by atoms with van der Waals surface area (Å²) in [4.78, 5) is 28.7. The maximum absolute atomic E-state index is 12.0. The van der Waals surface area contributed by atoms with Crippen LogP contribution in [0.1, 0.15) is 45.7 Å². The summed E-state index contributed by atoms with van der Waals surface area (Å²) in [5.41, 5.74) is -0.173. The number of carbonyl (C=O) groups is 2. The zero-order chi connectivity index (χ0) is 16.2. The molecular weight excluding hydrogens is 272 g/mol. The van der Waals surface area contributed by atoms with Crippen molar-refractivity contribution in [2.75, 3.05) is 11.9 Å². The van der Waals surface area contributed by atoms with Gasteiger partial charge in [0.05, 0.1) is 11.6 Å². The van der Waals surface area contributed by atoms with Crippen molar-refractivity contribution >= 4 is 17.9 Å². The number of ether oxygens (including phenoxy) is 1. The molecule has 1 heterocycles. The standard InChI is InChI=1S/C15H22N2O4/c1-6-10(13(18)19)11-8-7-9-12(16-11)17(5)14(20)21-15(2,3)4/h7-10H,6H2,1-5H3,(H,18,19). The molecule has 1 rings (SSSR count). The molecule has 0 aliphatic heterocycles. The molecule has 0 spiro atoms. The van der Waals surface area contributed by atoms with E-state index in [4.69, 9.17) is 4.74 Å². The molecule has 116 valence electrons. The van der Waals surface area contributed by atoms with Gasteiger partial charge >= 0.3 is 12.1 Å². The summed E-state index contributed by atoms with van der Waals surface area (Å²) in [6.45, 7) is 7.12. The SMILES string of the molecule is CCC(C(=O)O)c1cccc(N(C)C(=O)OC(C)(C)C)n1. The quantitative estimate of drug-likeness (QED) is 0.923. The van der Waals surface area contributed by atoms with E-state index in [2.05, 4.69) is 4.98 Å². The fourth-order valence-corrected chi connectivity index (χ4v) is 1.75. The van der Waals surface area contributed by atoms with Crippen LogP contribution in [0.3, 0.4) is 0 Å². The summed E-state index contributed by atoms with van der Waals surface area (Å²) in [6.07, 6.45) is -0.0994. The van der Waals surface area contributed by atoms with Crippen LogP contribution in [0.15, 0.2) is 18.2 Å². The van der Waals surface area contributed by atoms with Gasteiger partial charge in [-0.1, -0.05) is 13.0 Å². The number of hydrogen-bond donors (Lipinski definition) is 1. The summed E-state index contributed by atoms with van der Waals surface area (Å²) < 4.78 is 5.26. The third kappa shape index (κ3) is 4.73. The zero-order valence-corrected chi connectivity index (χ0v) is 13.1. The van der Waals surface area contributed by atoms with Crippen LogP contribution in [-0.4, -0.2) is 34.8 Å². The Balaban J connectivity index is 2.99. The minimum Gasteiger partial charge on any atom is -0.481 e. The Labute approximate surface area is 124 Å². The van der Waals surface area contributed by atoms with E-state index >= 15 is 0 Å². The number of nitrogens with zero attached hydrogens (tertiary/aromatic N) is 2. The summed E-state index contributed by atoms with van der Waals surface area (Å²) in [5.74, 6) is -1.25. The fourth-order valence-electron chi connectivity index (χ4n) is 1.75. The van der Waals surface area contributed by atoms with Crippen molar-refractivity contribution in [1.82, 2.24) is 4.98 Å². The molecule has 0 aromatic carbocycles. The van der Waals surface area contributed by atoms with E-state index in [1.54, 1.807) is 52.9 Å². The predicted molar refractivity (Wildman–Crippen MR) is 79.5 cm³/mol. The molecule has 21 heavy (non-hydrogen) atoms. The second-order valence-corrected chi connectivity index (χ2v) is 5.76. The van der Waals surface area contributed by atoms with Gasteiger partial charge in [0, 0.05) is 7.05 Å². The highest BCUT2D eigenvalue weighted by Gasteiger charge is 2.23. The third-order valence-electron chi connectivity index (χ3n) is 2.83. The molecule has 0 bridgehead atoms. The average molecular weight is 294 g/mol. The Morgan fingerprint density at radius 2 is 2.00 bits per heavy atom. The Morgan fingerprint density at radius 1 is 1.38 bits per heavy atom. The molecule has 1 N–H and O–H groups in total. The highest BCUT2D eigenvalue weighted by Crippen LogP contribution is 2.21. The van der Waals surface area contributed by atoms with E-state index in [1.807, 2.05) is 0 Å². The van der Waals surface area contributed by atoms with Crippen LogP contribution >= 0.6 is 0 Å². The second-order valence-electron chi connectivity index (χ2n) is 5.76. The molecule has 1 aromatic heterocycles. The van der Waals surface area contributed by atoms with Crippen LogP contribution < -0.4 is 4.90 Å². The number of carboxylic acids is 1. The molecule has 0 saturated heterocycles. The monoisotopic (exact) mass is 294 g/mol. The van der Waals surface area contributed by atoms with Crippen LogP contribution in [0.25, 0.3) is 0 Å². The largest absolute Gasteiger partial charge is 0.481 e. The minimum absolute atomic E-state index is 0.362. The van der Waals surface area contributed by atoms with E-state index in [1.165, 1.54) is 4.90 Å². The number of anilines is 1. The highest BCUT2D eigenvalue weighted by molar-refractivity contribution is 5.86. The number of aliphatic carboxylic acids is 1. The number of carbonyl (C=O) groups excluding carboxylic acids is 1. The predicted octanol–water partition coefficient (Wildman–Crippen LogP) is 3.03. The van der Waals surface area contributed by atoms with Crippen LogP contribution in [0.2, 0.25) is 0 Å². The lowest BCUT2D eigenvalue weighted by atomic mass is 10.0. The summed E-state index contributed by atoms with van der Waals surface area (Å²) >= 11 is 0. The maximum atomic E-state index is 12.0. The van der Waals surface area contributed by atoms with Crippen LogP contribution in [0.4, 0.5) is 10.6 Å². The maximum Gasteiger partial charge on any atom is 0.415 e. The smallest absolute Gasteiger partial charge is 0.415 e. The van der Waals surface area contributed by atoms with E-state index < -0.39 is 23.6 Å². The van der Waals surface area contributed by atoms with Crippen molar-refractivity contribution in [3.8, 4) is 0 Å². The van der Waals surface area contributed by atoms with Gasteiger partial charge in [-0.25, -0.2) is 9.78 Å². The van der Waals surface area contributed by atoms with Crippen molar-refractivity contribution in [2.24, 2.45) is 0 Å². The first-order valence-corrected chi connectivity index (χ1v) is 6.82. The van der Waals surface area contributed by atoms with E-state index in [0.29, 0.717) is 17.9 Å². The van der Waals surface area contributed by atoms with Gasteiger partial charge in [-0.15, -0.1) is 0 Å². The minimum atomic E-state index is -0.929. The molecule has 0 aliphatic rings. The number of aromatic nitrogens is 1. The van der Waals surface area contributed by atoms with Crippen molar-refractivity contribution in [2.45, 2.75) is 45.6 Å². The van der Waals surface area contributed by atoms with E-state index in [9.17, 15) is 14.7 Å². The fraction of sp³-hybridized carbons (Fsp3) is 0.533. The molecule has 1 atom stereocenters. The van der Waals surface area contributed by atoms with Gasteiger partial charge in [0.15, 0.2) is 0 Å². The number of carboxylic acid groups (broad SMARTS) is 1. The molecule has 6 heteroatoms. The third-order valence-corrected chi connectivity index (χ3v) is 2.83. The molecular formula is C15H22N2O4. The topological polar surface area (TPSA) is 79.7 Å². The number of pyridine rings is 1. The number of rotatable bonds is 4. The first kappa shape index (κ1) is 16.9. The van der Waals surface area contributed by atoms with Gasteiger partial charge in [-0.05, 0) is 39.3 Å². The van der Waals surface area contributed by atoms with Gasteiger partial charge in [0.2, 0.25) is 0 Å². The lowest BCUT2D eigenvalue weighted by Gasteiger charge is -2.24. The van der Waals surface area contributed by atoms with Gasteiger partial charge < -0.3 is 9.84 Å². The zero-order valence-electron chi connectivity index (χ0n) is 13.1. The molecule has 0 fully saturated rings. The van der Waals surface area contributed by atoms with Gasteiger partial charge in [0.1, 0.15) is 11.4 Å². The molecule has 0 radical (unpaired) electrons. The van der Waals surface area contributed by atoms with Gasteiger partial charge in [-0.3, -0.25) is 9.69 Å². The van der Waals surface area contributed by atoms with Crippen molar-refractivity contribution in [3.63, 3.8) is 0 Å². The molecule has 1 amide bonds. The van der Waals surface area contributed by atoms with E-state index in [0.717, 1.165) is 0 Å². The first-order chi connectivity index (χ1) is 9.65. The van der Waals surface area contributed by atoms with Crippen LogP contribution in [0, 0.1) is 0 Å². The normalized spacial score (nSPS) is 12.6. The Bertz CT molecular complexity index is 523. The lowest BCUT2D eigenvalue weighted by Crippen LogP contribution is -2.34. The summed E-state index contributed by atoms with van der Waals surface area (Å²) in [6, 6.07) is 4.97. The number of hydrogen-bond acceptors (Lipinski definition) is 4. The van der Waals surface area contributed by atoms with Gasteiger partial charge in [-0.2, -0.15) is 0 Å². The molecule has 0 saturated carbocycles. The Hall–Kier alpha value is -2.11. The van der Waals surface area contributed by atoms with Gasteiger partial charge in [0.25, 0.3) is 0 Å². The lowest BCUT2D eigenvalue weighted by molar-refractivity contribution is -0.138. The van der Waals surface area contributed by atoms with Crippen LogP contribution in [-0.2, 0) is 9.53 Å². The molecule has 1 aromatic rings. The highest BCUT2D eigenvalue weighted by atomic mass is 16.6. The summed E-state index contributed by atoms with van der Waals surface area (Å²) in [7, 11) is 1.54. The van der Waals surface area contributed by atoms with E-state index in [-0.39, 0.29) is 0 Å². The van der Waals surface area contributed by atoms with Crippen molar-refractivity contribution in [1.29, 1.82) is 0 Å². The van der Waals surface area contributed by atoms with Crippen molar-refractivity contribution in [3.05, 3.63) is 23.9 Å².